The number of nitrogens with zero attached hydrogens (tertiary/aromatic N) is 1. The lowest BCUT2D eigenvalue weighted by Crippen LogP contribution is -2.42. The number of rotatable bonds is 22. The molecule has 0 radical (unpaired) electrons. The van der Waals surface area contributed by atoms with Crippen LogP contribution in [0.3, 0.4) is 0 Å². The van der Waals surface area contributed by atoms with Gasteiger partial charge in [-0.15, -0.1) is 6.58 Å². The number of phenolic OH excluding ortho intramolecular Hbond substituents is 2. The summed E-state index contributed by atoms with van der Waals surface area (Å²) in [7, 11) is 0. The van der Waals surface area contributed by atoms with E-state index in [2.05, 4.69) is 6.58 Å². The molecule has 6 N–H and O–H groups in total. The van der Waals surface area contributed by atoms with E-state index in [-0.39, 0.29) is 48.0 Å². The number of carbonyl (C=O) groups excluding carboxylic acids is 1. The molecule has 0 aliphatic carbocycles. The van der Waals surface area contributed by atoms with E-state index >= 15 is 0 Å². The van der Waals surface area contributed by atoms with Crippen molar-refractivity contribution in [1.29, 1.82) is 0 Å². The molecule has 0 fully saturated rings. The Balaban J connectivity index is 2.67. The van der Waals surface area contributed by atoms with E-state index in [0.29, 0.717) is 44.2 Å². The predicted molar refractivity (Wildman–Crippen MR) is 181 cm³/mol. The fourth-order valence-corrected chi connectivity index (χ4v) is 5.25. The molecule has 7 atom stereocenters. The summed E-state index contributed by atoms with van der Waals surface area (Å²) >= 11 is 0. The molecule has 8 nitrogen and oxygen atoms in total. The van der Waals surface area contributed by atoms with Crippen LogP contribution in [-0.4, -0.2) is 72.5 Å². The van der Waals surface area contributed by atoms with Crippen molar-refractivity contribution in [1.82, 2.24) is 4.90 Å². The number of amides is 1. The van der Waals surface area contributed by atoms with Crippen molar-refractivity contribution in [3.63, 3.8) is 0 Å². The number of hydrogen-bond donors (Lipinski definition) is 6. The normalized spacial score (nSPS) is 17.1. The lowest BCUT2D eigenvalue weighted by atomic mass is 9.81. The van der Waals surface area contributed by atoms with Crippen LogP contribution in [0, 0.1) is 17.8 Å². The Bertz CT molecular complexity index is 1110. The molecule has 0 aliphatic heterocycles. The van der Waals surface area contributed by atoms with Crippen molar-refractivity contribution in [3.8, 4) is 11.5 Å². The van der Waals surface area contributed by atoms with Crippen LogP contribution in [-0.2, 0) is 11.2 Å². The number of carbonyl (C=O) groups is 1. The summed E-state index contributed by atoms with van der Waals surface area (Å²) in [6.45, 7) is 11.5. The first-order valence-electron chi connectivity index (χ1n) is 16.2. The molecule has 1 rings (SSSR count). The Morgan fingerprint density at radius 3 is 2.29 bits per heavy atom. The van der Waals surface area contributed by atoms with Crippen LogP contribution in [0.1, 0.15) is 78.2 Å². The number of aliphatic hydroxyl groups excluding tert-OH is 4. The van der Waals surface area contributed by atoms with Crippen molar-refractivity contribution in [2.45, 2.75) is 104 Å². The van der Waals surface area contributed by atoms with Crippen LogP contribution in [0.5, 0.6) is 11.5 Å². The van der Waals surface area contributed by atoms with E-state index in [1.165, 1.54) is 17.0 Å². The SMILES string of the molecule is C=CC(/C=C\C=C/C)CC[C@H](O)/C=C/[C@H]([C@@H](C/C=C\CCCC(=O)N(CCC)C(O)Cc1ccc(O)c(O)c1)[C@H](C)O)[C@@H](C)O. The van der Waals surface area contributed by atoms with Gasteiger partial charge in [-0.25, -0.2) is 0 Å². The van der Waals surface area contributed by atoms with Gasteiger partial charge < -0.3 is 35.5 Å². The summed E-state index contributed by atoms with van der Waals surface area (Å²) in [4.78, 5) is 14.4. The second kappa shape index (κ2) is 22.4. The zero-order valence-electron chi connectivity index (χ0n) is 27.6. The van der Waals surface area contributed by atoms with Crippen LogP contribution in [0.15, 0.2) is 79.5 Å². The van der Waals surface area contributed by atoms with Gasteiger partial charge in [-0.05, 0) is 88.8 Å². The topological polar surface area (TPSA) is 142 Å². The van der Waals surface area contributed by atoms with Gasteiger partial charge in [0.15, 0.2) is 11.5 Å². The van der Waals surface area contributed by atoms with Gasteiger partial charge in [-0.1, -0.05) is 67.7 Å². The van der Waals surface area contributed by atoms with Crippen LogP contribution < -0.4 is 0 Å². The molecule has 0 saturated heterocycles. The van der Waals surface area contributed by atoms with Gasteiger partial charge in [-0.3, -0.25) is 4.79 Å². The first-order valence-corrected chi connectivity index (χ1v) is 16.2. The molecule has 1 aromatic carbocycles. The van der Waals surface area contributed by atoms with E-state index < -0.39 is 24.5 Å². The maximum atomic E-state index is 12.9. The fourth-order valence-electron chi connectivity index (χ4n) is 5.25. The molecule has 0 spiro atoms. The van der Waals surface area contributed by atoms with Gasteiger partial charge in [0.2, 0.25) is 5.91 Å². The molecule has 45 heavy (non-hydrogen) atoms. The van der Waals surface area contributed by atoms with E-state index in [4.69, 9.17) is 0 Å². The van der Waals surface area contributed by atoms with Crippen LogP contribution >= 0.6 is 0 Å². The Morgan fingerprint density at radius 2 is 1.69 bits per heavy atom. The third-order valence-corrected chi connectivity index (χ3v) is 7.93. The number of aliphatic hydroxyl groups is 4. The Hall–Kier alpha value is -3.17. The fraction of sp³-hybridized carbons (Fsp3) is 0.541. The molecule has 0 bridgehead atoms. The summed E-state index contributed by atoms with van der Waals surface area (Å²) in [5, 5.41) is 61.5. The zero-order valence-corrected chi connectivity index (χ0v) is 27.6. The van der Waals surface area contributed by atoms with E-state index in [9.17, 15) is 35.4 Å². The summed E-state index contributed by atoms with van der Waals surface area (Å²) in [5.41, 5.74) is 0.608. The lowest BCUT2D eigenvalue weighted by molar-refractivity contribution is -0.141. The zero-order chi connectivity index (χ0) is 33.8. The molecule has 252 valence electrons. The Kier molecular flexibility index (Phi) is 19.8. The van der Waals surface area contributed by atoms with E-state index in [0.717, 1.165) is 6.42 Å². The monoisotopic (exact) mass is 627 g/mol. The quantitative estimate of drug-likeness (QED) is 0.0307. The average Bonchev–Trinajstić information content (AvgIpc) is 2.99. The number of unbranched alkanes of at least 4 members (excludes halogenated alkanes) is 1. The van der Waals surface area contributed by atoms with Gasteiger partial charge in [0.25, 0.3) is 0 Å². The summed E-state index contributed by atoms with van der Waals surface area (Å²) < 4.78 is 0. The predicted octanol–water partition coefficient (Wildman–Crippen LogP) is 5.94. The molecule has 2 unspecified atom stereocenters. The lowest BCUT2D eigenvalue weighted by Gasteiger charge is -2.29. The van der Waals surface area contributed by atoms with Crippen molar-refractivity contribution in [3.05, 3.63) is 85.0 Å². The second-order valence-electron chi connectivity index (χ2n) is 11.8. The van der Waals surface area contributed by atoms with Crippen molar-refractivity contribution >= 4 is 5.91 Å². The number of allylic oxidation sites excluding steroid dienone is 7. The van der Waals surface area contributed by atoms with Crippen LogP contribution in [0.25, 0.3) is 0 Å². The Labute approximate surface area is 270 Å². The largest absolute Gasteiger partial charge is 0.504 e. The first-order chi connectivity index (χ1) is 21.4. The number of hydrogen-bond acceptors (Lipinski definition) is 7. The minimum absolute atomic E-state index is 0.139. The van der Waals surface area contributed by atoms with Crippen molar-refractivity contribution < 1.29 is 35.4 Å². The average molecular weight is 628 g/mol. The summed E-state index contributed by atoms with van der Waals surface area (Å²) in [6, 6.07) is 4.33. The van der Waals surface area contributed by atoms with Gasteiger partial charge in [-0.2, -0.15) is 0 Å². The van der Waals surface area contributed by atoms with Gasteiger partial charge in [0, 0.05) is 25.3 Å². The smallest absolute Gasteiger partial charge is 0.224 e. The van der Waals surface area contributed by atoms with Gasteiger partial charge in [0.05, 0.1) is 18.3 Å². The highest BCUT2D eigenvalue weighted by atomic mass is 16.3. The molecular formula is C37H57NO7. The highest BCUT2D eigenvalue weighted by molar-refractivity contribution is 5.76. The second-order valence-corrected chi connectivity index (χ2v) is 11.8. The molecule has 0 aliphatic rings. The molecule has 8 heteroatoms. The molecular weight excluding hydrogens is 570 g/mol. The van der Waals surface area contributed by atoms with E-state index in [1.54, 1.807) is 26.0 Å². The third kappa shape index (κ3) is 15.6. The van der Waals surface area contributed by atoms with Crippen molar-refractivity contribution in [2.75, 3.05) is 6.54 Å². The number of aromatic hydroxyl groups is 2. The van der Waals surface area contributed by atoms with Gasteiger partial charge in [0.1, 0.15) is 6.23 Å². The maximum absolute atomic E-state index is 12.9. The van der Waals surface area contributed by atoms with Gasteiger partial charge >= 0.3 is 0 Å². The maximum Gasteiger partial charge on any atom is 0.224 e. The minimum atomic E-state index is -1.05. The molecule has 0 saturated carbocycles. The summed E-state index contributed by atoms with van der Waals surface area (Å²) in [6.07, 6.45) is 18.2. The molecule has 0 aromatic heterocycles. The van der Waals surface area contributed by atoms with E-state index in [1.807, 2.05) is 62.5 Å². The molecule has 0 heterocycles. The third-order valence-electron chi connectivity index (χ3n) is 7.93. The molecule has 1 amide bonds. The highest BCUT2D eigenvalue weighted by Crippen LogP contribution is 2.27. The Morgan fingerprint density at radius 1 is 0.956 bits per heavy atom. The van der Waals surface area contributed by atoms with Crippen LogP contribution in [0.2, 0.25) is 0 Å². The molecule has 1 aromatic rings. The van der Waals surface area contributed by atoms with Crippen molar-refractivity contribution in [2.24, 2.45) is 17.8 Å². The standard InChI is InChI=1S/C37H57NO7/c1-6-9-12-15-29(8-3)18-20-31(41)21-22-33(28(5)40)32(27(4)39)16-13-10-11-14-17-36(44)38(24-7-2)37(45)26-30-19-23-34(42)35(43)25-30/h6,8-10,12-13,15,19,21-23,25,27-29,31-33,37,39-43,45H,3,7,11,14,16-18,20,24,26H2,1-2,4-5H3/b9-6-,13-10-,15-12-,22-21+/t27-,28+,29?,31-,32-,33-,37?/m0/s1. The number of phenols is 2. The van der Waals surface area contributed by atoms with Crippen LogP contribution in [0.4, 0.5) is 0 Å². The number of benzene rings is 1. The highest BCUT2D eigenvalue weighted by Gasteiger charge is 2.27. The first kappa shape index (κ1) is 39.9. The minimum Gasteiger partial charge on any atom is -0.504 e. The summed E-state index contributed by atoms with van der Waals surface area (Å²) in [5.74, 6) is -1.12.